The molecule has 2 fully saturated rings. The Morgan fingerprint density at radius 3 is 2.64 bits per heavy atom. The van der Waals surface area contributed by atoms with E-state index < -0.39 is 0 Å². The number of nitrogens with one attached hydrogen (secondary N) is 1. The molecule has 1 aromatic carbocycles. The summed E-state index contributed by atoms with van der Waals surface area (Å²) >= 11 is 0. The third-order valence-corrected chi connectivity index (χ3v) is 5.27. The Labute approximate surface area is 146 Å². The summed E-state index contributed by atoms with van der Waals surface area (Å²) in [5, 5.41) is 6.89. The maximum atomic E-state index is 12.3. The largest absolute Gasteiger partial charge is 0.465 e. The minimum Gasteiger partial charge on any atom is -0.465 e. The van der Waals surface area contributed by atoms with E-state index in [-0.39, 0.29) is 11.8 Å². The summed E-state index contributed by atoms with van der Waals surface area (Å²) in [5.74, 6) is -0.295. The Hall–Kier alpha value is -2.18. The third kappa shape index (κ3) is 3.07. The van der Waals surface area contributed by atoms with Gasteiger partial charge in [0.25, 0.3) is 0 Å². The van der Waals surface area contributed by atoms with Crippen molar-refractivity contribution in [3.63, 3.8) is 0 Å². The lowest BCUT2D eigenvalue weighted by molar-refractivity contribution is -0.178. The molecule has 1 N–H and O–H groups in total. The highest BCUT2D eigenvalue weighted by molar-refractivity contribution is 5.97. The Balaban J connectivity index is 1.59. The number of carbonyl (C=O) groups is 1. The monoisotopic (exact) mass is 342 g/mol. The van der Waals surface area contributed by atoms with Crippen LogP contribution in [-0.4, -0.2) is 42.3 Å². The van der Waals surface area contributed by atoms with Gasteiger partial charge in [-0.15, -0.1) is 0 Å². The minimum absolute atomic E-state index is 0.332. The maximum absolute atomic E-state index is 12.3. The standard InChI is InChI=1S/C19H22N2O4/c1-23-18(22)16-12-14(2-3-15(16)17-6-9-20-21-17)13-4-7-19(8-5-13)24-10-11-25-19/h2-3,6,9,12-13H,4-5,7-8,10-11H2,1H3,(H,20,21). The van der Waals surface area contributed by atoms with Crippen molar-refractivity contribution in [2.24, 2.45) is 0 Å². The van der Waals surface area contributed by atoms with E-state index in [1.54, 1.807) is 6.20 Å². The molecule has 0 bridgehead atoms. The van der Waals surface area contributed by atoms with Gasteiger partial charge in [0.05, 0.1) is 31.6 Å². The number of rotatable bonds is 3. The van der Waals surface area contributed by atoms with E-state index in [2.05, 4.69) is 16.3 Å². The van der Waals surface area contributed by atoms with Gasteiger partial charge in [-0.25, -0.2) is 4.79 Å². The SMILES string of the molecule is COC(=O)c1cc(C2CCC3(CC2)OCCO3)ccc1-c1ccn[nH]1. The van der Waals surface area contributed by atoms with Gasteiger partial charge in [0.15, 0.2) is 5.79 Å². The van der Waals surface area contributed by atoms with Gasteiger partial charge in [0.1, 0.15) is 0 Å². The Morgan fingerprint density at radius 1 is 1.24 bits per heavy atom. The van der Waals surface area contributed by atoms with E-state index >= 15 is 0 Å². The molecule has 4 rings (SSSR count). The summed E-state index contributed by atoms with van der Waals surface area (Å²) in [6.45, 7) is 1.38. The molecule has 1 aliphatic carbocycles. The fourth-order valence-corrected chi connectivity index (χ4v) is 3.91. The summed E-state index contributed by atoms with van der Waals surface area (Å²) in [6.07, 6.45) is 5.45. The van der Waals surface area contributed by atoms with Gasteiger partial charge in [-0.05, 0) is 36.5 Å². The second kappa shape index (κ2) is 6.61. The third-order valence-electron chi connectivity index (χ3n) is 5.27. The average molecular weight is 342 g/mol. The zero-order valence-electron chi connectivity index (χ0n) is 14.3. The Bertz CT molecular complexity index is 741. The highest BCUT2D eigenvalue weighted by atomic mass is 16.7. The van der Waals surface area contributed by atoms with E-state index in [4.69, 9.17) is 14.2 Å². The molecular weight excluding hydrogens is 320 g/mol. The van der Waals surface area contributed by atoms with E-state index in [9.17, 15) is 4.79 Å². The normalized spacial score (nSPS) is 20.0. The number of hydrogen-bond donors (Lipinski definition) is 1. The molecule has 0 atom stereocenters. The molecule has 6 nitrogen and oxygen atoms in total. The molecule has 132 valence electrons. The zero-order valence-corrected chi connectivity index (χ0v) is 14.3. The van der Waals surface area contributed by atoms with Crippen LogP contribution in [0, 0.1) is 0 Å². The fourth-order valence-electron chi connectivity index (χ4n) is 3.91. The predicted molar refractivity (Wildman–Crippen MR) is 91.2 cm³/mol. The van der Waals surface area contributed by atoms with E-state index in [0.717, 1.165) is 42.5 Å². The van der Waals surface area contributed by atoms with Crippen molar-refractivity contribution in [2.75, 3.05) is 20.3 Å². The fraction of sp³-hybridized carbons (Fsp3) is 0.474. The van der Waals surface area contributed by atoms with Crippen molar-refractivity contribution in [1.29, 1.82) is 0 Å². The van der Waals surface area contributed by atoms with Gasteiger partial charge >= 0.3 is 5.97 Å². The van der Waals surface area contributed by atoms with Crippen molar-refractivity contribution in [1.82, 2.24) is 10.2 Å². The van der Waals surface area contributed by atoms with E-state index in [1.807, 2.05) is 18.2 Å². The van der Waals surface area contributed by atoms with Gasteiger partial charge in [0, 0.05) is 24.6 Å². The summed E-state index contributed by atoms with van der Waals surface area (Å²) in [5.41, 5.74) is 3.35. The number of esters is 1. The number of methoxy groups -OCH3 is 1. The van der Waals surface area contributed by atoms with Gasteiger partial charge in [0.2, 0.25) is 0 Å². The highest BCUT2D eigenvalue weighted by Gasteiger charge is 2.40. The van der Waals surface area contributed by atoms with Crippen LogP contribution in [-0.2, 0) is 14.2 Å². The molecular formula is C19H22N2O4. The second-order valence-corrected chi connectivity index (χ2v) is 6.65. The predicted octanol–water partition coefficient (Wildman–Crippen LogP) is 3.26. The first-order chi connectivity index (χ1) is 12.2. The van der Waals surface area contributed by atoms with Crippen LogP contribution >= 0.6 is 0 Å². The number of aromatic nitrogens is 2. The molecule has 1 aromatic heterocycles. The molecule has 1 aliphatic heterocycles. The molecule has 25 heavy (non-hydrogen) atoms. The van der Waals surface area contributed by atoms with Crippen LogP contribution in [0.3, 0.4) is 0 Å². The minimum atomic E-state index is -0.364. The first kappa shape index (κ1) is 16.3. The van der Waals surface area contributed by atoms with Crippen LogP contribution in [0.2, 0.25) is 0 Å². The second-order valence-electron chi connectivity index (χ2n) is 6.65. The summed E-state index contributed by atoms with van der Waals surface area (Å²) in [7, 11) is 1.41. The lowest BCUT2D eigenvalue weighted by atomic mass is 9.80. The Morgan fingerprint density at radius 2 is 2.00 bits per heavy atom. The number of benzene rings is 1. The maximum Gasteiger partial charge on any atom is 0.338 e. The molecule has 1 saturated carbocycles. The number of nitrogens with zero attached hydrogens (tertiary/aromatic N) is 1. The van der Waals surface area contributed by atoms with E-state index in [0.29, 0.717) is 24.7 Å². The Kier molecular flexibility index (Phi) is 4.31. The number of hydrogen-bond acceptors (Lipinski definition) is 5. The number of H-pyrrole nitrogens is 1. The summed E-state index contributed by atoms with van der Waals surface area (Å²) in [4.78, 5) is 12.3. The molecule has 2 heterocycles. The first-order valence-corrected chi connectivity index (χ1v) is 8.71. The van der Waals surface area contributed by atoms with Gasteiger partial charge < -0.3 is 14.2 Å². The summed E-state index contributed by atoms with van der Waals surface area (Å²) in [6, 6.07) is 7.88. The zero-order chi connectivity index (χ0) is 17.3. The average Bonchev–Trinajstić information content (AvgIpc) is 3.34. The van der Waals surface area contributed by atoms with Crippen LogP contribution in [0.1, 0.15) is 47.5 Å². The van der Waals surface area contributed by atoms with Gasteiger partial charge in [-0.3, -0.25) is 5.10 Å². The van der Waals surface area contributed by atoms with Crippen molar-refractivity contribution >= 4 is 5.97 Å². The van der Waals surface area contributed by atoms with Crippen LogP contribution in [0.15, 0.2) is 30.5 Å². The van der Waals surface area contributed by atoms with Gasteiger partial charge in [-0.1, -0.05) is 12.1 Å². The van der Waals surface area contributed by atoms with Crippen LogP contribution in [0.5, 0.6) is 0 Å². The highest BCUT2D eigenvalue weighted by Crippen LogP contribution is 2.43. The smallest absolute Gasteiger partial charge is 0.338 e. The van der Waals surface area contributed by atoms with Crippen LogP contribution < -0.4 is 0 Å². The van der Waals surface area contributed by atoms with Gasteiger partial charge in [-0.2, -0.15) is 5.10 Å². The molecule has 1 saturated heterocycles. The quantitative estimate of drug-likeness (QED) is 0.867. The first-order valence-electron chi connectivity index (χ1n) is 8.71. The molecule has 6 heteroatoms. The lowest BCUT2D eigenvalue weighted by Crippen LogP contribution is -2.34. The van der Waals surface area contributed by atoms with Crippen LogP contribution in [0.4, 0.5) is 0 Å². The van der Waals surface area contributed by atoms with Crippen molar-refractivity contribution in [2.45, 2.75) is 37.4 Å². The summed E-state index contributed by atoms with van der Waals surface area (Å²) < 4.78 is 16.6. The molecule has 1 spiro atoms. The van der Waals surface area contributed by atoms with Crippen molar-refractivity contribution < 1.29 is 19.0 Å². The molecule has 0 radical (unpaired) electrons. The van der Waals surface area contributed by atoms with Crippen molar-refractivity contribution in [3.05, 3.63) is 41.6 Å². The van der Waals surface area contributed by atoms with Crippen molar-refractivity contribution in [3.8, 4) is 11.3 Å². The van der Waals surface area contributed by atoms with Crippen LogP contribution in [0.25, 0.3) is 11.3 Å². The topological polar surface area (TPSA) is 73.4 Å². The lowest BCUT2D eigenvalue weighted by Gasteiger charge is -2.35. The molecule has 0 unspecified atom stereocenters. The van der Waals surface area contributed by atoms with E-state index in [1.165, 1.54) is 7.11 Å². The number of aromatic amines is 1. The molecule has 0 amide bonds. The number of ether oxygens (including phenoxy) is 3. The molecule has 2 aromatic rings. The molecule has 2 aliphatic rings. The number of carbonyl (C=O) groups excluding carboxylic acids is 1.